The van der Waals surface area contributed by atoms with Gasteiger partial charge in [0.25, 0.3) is 5.56 Å². The smallest absolute Gasteiger partial charge is 0.348 e. The van der Waals surface area contributed by atoms with Crippen molar-refractivity contribution in [3.8, 4) is 11.4 Å². The summed E-state index contributed by atoms with van der Waals surface area (Å²) in [7, 11) is 1.75. The third-order valence-corrected chi connectivity index (χ3v) is 4.67. The monoisotopic (exact) mass is 393 g/mol. The van der Waals surface area contributed by atoms with E-state index >= 15 is 0 Å². The van der Waals surface area contributed by atoms with Crippen molar-refractivity contribution >= 4 is 22.9 Å². The number of fused-ring (bicyclic) bond motifs is 1. The van der Waals surface area contributed by atoms with Crippen LogP contribution in [0.4, 0.5) is 5.69 Å². The van der Waals surface area contributed by atoms with Gasteiger partial charge >= 0.3 is 5.63 Å². The molecule has 2 aromatic carbocycles. The van der Waals surface area contributed by atoms with Crippen LogP contribution in [0.1, 0.15) is 11.3 Å². The molecule has 0 unspecified atom stereocenters. The SMILES string of the molecule is Cc1c(N=Cc2c(O)c3ccccc3oc2=O)c(=O)n(-c2ccccc2)n1C.O. The zero-order valence-electron chi connectivity index (χ0n) is 15.8. The van der Waals surface area contributed by atoms with Crippen LogP contribution in [0.5, 0.6) is 5.75 Å². The van der Waals surface area contributed by atoms with Crippen molar-refractivity contribution in [2.45, 2.75) is 6.92 Å². The fourth-order valence-corrected chi connectivity index (χ4v) is 3.09. The molecule has 0 aliphatic heterocycles. The van der Waals surface area contributed by atoms with Gasteiger partial charge in [0.15, 0.2) is 5.69 Å². The summed E-state index contributed by atoms with van der Waals surface area (Å²) in [6.07, 6.45) is 1.17. The summed E-state index contributed by atoms with van der Waals surface area (Å²) < 4.78 is 8.40. The molecule has 148 valence electrons. The summed E-state index contributed by atoms with van der Waals surface area (Å²) in [6.45, 7) is 1.76. The molecule has 4 rings (SSSR count). The highest BCUT2D eigenvalue weighted by molar-refractivity contribution is 5.94. The number of nitrogens with zero attached hydrogens (tertiary/aromatic N) is 3. The second-order valence-corrected chi connectivity index (χ2v) is 6.32. The molecule has 0 bridgehead atoms. The van der Waals surface area contributed by atoms with Gasteiger partial charge in [0.05, 0.1) is 16.8 Å². The predicted molar refractivity (Wildman–Crippen MR) is 111 cm³/mol. The Kier molecular flexibility index (Phi) is 5.20. The fourth-order valence-electron chi connectivity index (χ4n) is 3.09. The molecule has 2 aromatic heterocycles. The van der Waals surface area contributed by atoms with E-state index in [2.05, 4.69) is 4.99 Å². The highest BCUT2D eigenvalue weighted by atomic mass is 16.4. The topological polar surface area (TPSA) is 121 Å². The lowest BCUT2D eigenvalue weighted by molar-refractivity contribution is 0.466. The van der Waals surface area contributed by atoms with Crippen LogP contribution in [0.15, 0.2) is 73.6 Å². The molecule has 0 amide bonds. The van der Waals surface area contributed by atoms with Crippen LogP contribution >= 0.6 is 0 Å². The standard InChI is InChI=1S/C21H17N3O4.H2O/c1-13-18(20(26)24(23(13)2)14-8-4-3-5-9-14)22-12-16-19(25)15-10-6-7-11-17(15)28-21(16)27;/h3-12,25H,1-2H3;1H2. The van der Waals surface area contributed by atoms with E-state index in [9.17, 15) is 14.7 Å². The Morgan fingerprint density at radius 1 is 1.03 bits per heavy atom. The average molecular weight is 393 g/mol. The number of aromatic hydroxyl groups is 1. The van der Waals surface area contributed by atoms with Crippen LogP contribution in [0.25, 0.3) is 16.7 Å². The fraction of sp³-hybridized carbons (Fsp3) is 0.0952. The number of para-hydroxylation sites is 2. The number of benzene rings is 2. The van der Waals surface area contributed by atoms with Crippen LogP contribution in [0.3, 0.4) is 0 Å². The molecule has 0 spiro atoms. The summed E-state index contributed by atoms with van der Waals surface area (Å²) >= 11 is 0. The van der Waals surface area contributed by atoms with Gasteiger partial charge in [-0.3, -0.25) is 9.48 Å². The maximum atomic E-state index is 12.9. The van der Waals surface area contributed by atoms with Gasteiger partial charge in [-0.1, -0.05) is 30.3 Å². The number of hydrogen-bond acceptors (Lipinski definition) is 5. The first-order valence-corrected chi connectivity index (χ1v) is 8.62. The lowest BCUT2D eigenvalue weighted by Gasteiger charge is -2.07. The molecule has 8 nitrogen and oxygen atoms in total. The van der Waals surface area contributed by atoms with E-state index in [1.807, 2.05) is 30.3 Å². The molecule has 0 aliphatic carbocycles. The Morgan fingerprint density at radius 2 is 1.69 bits per heavy atom. The van der Waals surface area contributed by atoms with Crippen molar-refractivity contribution in [1.29, 1.82) is 0 Å². The van der Waals surface area contributed by atoms with Crippen molar-refractivity contribution in [1.82, 2.24) is 9.36 Å². The third kappa shape index (κ3) is 3.26. The average Bonchev–Trinajstić information content (AvgIpc) is 2.91. The molecular weight excluding hydrogens is 374 g/mol. The molecule has 0 saturated heterocycles. The molecule has 29 heavy (non-hydrogen) atoms. The minimum atomic E-state index is -0.725. The highest BCUT2D eigenvalue weighted by Crippen LogP contribution is 2.25. The molecule has 0 aliphatic rings. The Morgan fingerprint density at radius 3 is 2.41 bits per heavy atom. The normalized spacial score (nSPS) is 11.1. The van der Waals surface area contributed by atoms with E-state index in [1.54, 1.807) is 42.9 Å². The highest BCUT2D eigenvalue weighted by Gasteiger charge is 2.16. The molecule has 0 fully saturated rings. The van der Waals surface area contributed by atoms with Gasteiger partial charge in [0.2, 0.25) is 0 Å². The van der Waals surface area contributed by atoms with Crippen LogP contribution in [-0.2, 0) is 7.05 Å². The Bertz CT molecular complexity index is 1330. The molecule has 0 radical (unpaired) electrons. The number of rotatable bonds is 3. The Balaban J connectivity index is 0.00000240. The van der Waals surface area contributed by atoms with Gasteiger partial charge in [-0.15, -0.1) is 0 Å². The first-order valence-electron chi connectivity index (χ1n) is 8.62. The molecule has 0 atom stereocenters. The first-order chi connectivity index (χ1) is 13.5. The van der Waals surface area contributed by atoms with Gasteiger partial charge < -0.3 is 15.0 Å². The molecule has 8 heteroatoms. The van der Waals surface area contributed by atoms with E-state index in [-0.39, 0.29) is 33.6 Å². The van der Waals surface area contributed by atoms with E-state index < -0.39 is 5.63 Å². The molecular formula is C21H19N3O5. The minimum absolute atomic E-state index is 0. The second-order valence-electron chi connectivity index (χ2n) is 6.32. The number of aromatic nitrogens is 2. The van der Waals surface area contributed by atoms with Crippen molar-refractivity contribution < 1.29 is 15.0 Å². The maximum absolute atomic E-state index is 12.9. The summed E-state index contributed by atoms with van der Waals surface area (Å²) in [5.74, 6) is -0.229. The molecule has 4 aromatic rings. The van der Waals surface area contributed by atoms with Gasteiger partial charge in [0, 0.05) is 13.3 Å². The van der Waals surface area contributed by atoms with Crippen molar-refractivity contribution in [2.75, 3.05) is 0 Å². The van der Waals surface area contributed by atoms with Crippen LogP contribution in [-0.4, -0.2) is 26.2 Å². The van der Waals surface area contributed by atoms with E-state index in [4.69, 9.17) is 4.42 Å². The van der Waals surface area contributed by atoms with E-state index in [0.717, 1.165) is 0 Å². The largest absolute Gasteiger partial charge is 0.506 e. The van der Waals surface area contributed by atoms with Gasteiger partial charge in [-0.2, -0.15) is 0 Å². The molecule has 0 saturated carbocycles. The van der Waals surface area contributed by atoms with Crippen LogP contribution < -0.4 is 11.2 Å². The van der Waals surface area contributed by atoms with Crippen molar-refractivity contribution in [3.63, 3.8) is 0 Å². The number of aliphatic imine (C=N–C) groups is 1. The van der Waals surface area contributed by atoms with Crippen molar-refractivity contribution in [3.05, 3.63) is 86.6 Å². The van der Waals surface area contributed by atoms with E-state index in [1.165, 1.54) is 10.9 Å². The quantitative estimate of drug-likeness (QED) is 0.424. The summed E-state index contributed by atoms with van der Waals surface area (Å²) in [5, 5.41) is 10.8. The Hall–Kier alpha value is -3.91. The van der Waals surface area contributed by atoms with Gasteiger partial charge in [-0.05, 0) is 31.2 Å². The van der Waals surface area contributed by atoms with Crippen LogP contribution in [0.2, 0.25) is 0 Å². The van der Waals surface area contributed by atoms with E-state index in [0.29, 0.717) is 16.8 Å². The predicted octanol–water partition coefficient (Wildman–Crippen LogP) is 2.22. The lowest BCUT2D eigenvalue weighted by atomic mass is 10.1. The maximum Gasteiger partial charge on any atom is 0.348 e. The van der Waals surface area contributed by atoms with Crippen LogP contribution in [0, 0.1) is 6.92 Å². The van der Waals surface area contributed by atoms with Gasteiger partial charge in [0.1, 0.15) is 16.9 Å². The first kappa shape index (κ1) is 19.8. The second kappa shape index (κ2) is 7.61. The summed E-state index contributed by atoms with van der Waals surface area (Å²) in [4.78, 5) is 29.3. The summed E-state index contributed by atoms with van der Waals surface area (Å²) in [6, 6.07) is 15.8. The number of hydrogen-bond donors (Lipinski definition) is 1. The Labute approximate surface area is 164 Å². The zero-order chi connectivity index (χ0) is 19.8. The molecule has 2 heterocycles. The molecule has 3 N–H and O–H groups in total. The minimum Gasteiger partial charge on any atom is -0.506 e. The van der Waals surface area contributed by atoms with Gasteiger partial charge in [-0.25, -0.2) is 14.5 Å². The summed E-state index contributed by atoms with van der Waals surface area (Å²) in [5.41, 5.74) is 0.627. The zero-order valence-corrected chi connectivity index (χ0v) is 15.8. The van der Waals surface area contributed by atoms with Crippen molar-refractivity contribution in [2.24, 2.45) is 12.0 Å². The lowest BCUT2D eigenvalue weighted by Crippen LogP contribution is -2.19. The third-order valence-electron chi connectivity index (χ3n) is 4.67.